The van der Waals surface area contributed by atoms with Crippen molar-refractivity contribution in [3.05, 3.63) is 33.8 Å². The highest BCUT2D eigenvalue weighted by atomic mass is 79.9. The molecule has 0 atom stereocenters. The number of amides is 1. The number of aliphatic hydroxyl groups excluding tert-OH is 1. The summed E-state index contributed by atoms with van der Waals surface area (Å²) in [5.41, 5.74) is 1.70. The van der Waals surface area contributed by atoms with Gasteiger partial charge in [0.05, 0.1) is 6.10 Å². The third-order valence-corrected chi connectivity index (χ3v) is 3.97. The average molecular weight is 312 g/mol. The number of hydrogen-bond acceptors (Lipinski definition) is 2. The van der Waals surface area contributed by atoms with E-state index in [-0.39, 0.29) is 18.1 Å². The summed E-state index contributed by atoms with van der Waals surface area (Å²) in [6, 6.07) is 5.91. The second-order valence-corrected chi connectivity index (χ2v) is 5.85. The Morgan fingerprint density at radius 3 is 2.67 bits per heavy atom. The maximum atomic E-state index is 12.2. The molecule has 1 amide bonds. The number of halogens is 1. The minimum Gasteiger partial charge on any atom is -0.393 e. The average Bonchev–Trinajstić information content (AvgIpc) is 2.35. The van der Waals surface area contributed by atoms with Gasteiger partial charge in [-0.05, 0) is 50.3 Å². The van der Waals surface area contributed by atoms with Gasteiger partial charge in [-0.15, -0.1) is 0 Å². The minimum atomic E-state index is -0.189. The van der Waals surface area contributed by atoms with E-state index in [4.69, 9.17) is 0 Å². The summed E-state index contributed by atoms with van der Waals surface area (Å²) in [6.45, 7) is 1.94. The van der Waals surface area contributed by atoms with Gasteiger partial charge in [0, 0.05) is 16.1 Å². The molecule has 4 heteroatoms. The van der Waals surface area contributed by atoms with Gasteiger partial charge in [-0.2, -0.15) is 0 Å². The number of aliphatic hydroxyl groups is 1. The normalized spacial score (nSPS) is 23.7. The maximum absolute atomic E-state index is 12.2. The highest BCUT2D eigenvalue weighted by Gasteiger charge is 2.21. The lowest BCUT2D eigenvalue weighted by atomic mass is 9.93. The number of carbonyl (C=O) groups is 1. The van der Waals surface area contributed by atoms with Crippen LogP contribution in [0.3, 0.4) is 0 Å². The summed E-state index contributed by atoms with van der Waals surface area (Å²) in [7, 11) is 0. The van der Waals surface area contributed by atoms with E-state index in [9.17, 15) is 9.90 Å². The van der Waals surface area contributed by atoms with Gasteiger partial charge in [-0.25, -0.2) is 0 Å². The first-order valence-corrected chi connectivity index (χ1v) is 7.10. The van der Waals surface area contributed by atoms with Gasteiger partial charge in [0.15, 0.2) is 0 Å². The highest BCUT2D eigenvalue weighted by Crippen LogP contribution is 2.20. The number of nitrogens with one attached hydrogen (secondary N) is 1. The summed E-state index contributed by atoms with van der Waals surface area (Å²) < 4.78 is 0.914. The molecular weight excluding hydrogens is 294 g/mol. The molecule has 2 N–H and O–H groups in total. The number of aryl methyl sites for hydroxylation is 1. The first-order chi connectivity index (χ1) is 8.56. The topological polar surface area (TPSA) is 49.3 Å². The lowest BCUT2D eigenvalue weighted by molar-refractivity contribution is 0.0867. The van der Waals surface area contributed by atoms with Gasteiger partial charge in [-0.1, -0.05) is 22.0 Å². The Morgan fingerprint density at radius 1 is 1.33 bits per heavy atom. The van der Waals surface area contributed by atoms with Crippen LogP contribution in [0.25, 0.3) is 0 Å². The first kappa shape index (κ1) is 13.6. The van der Waals surface area contributed by atoms with E-state index in [1.54, 1.807) is 0 Å². The van der Waals surface area contributed by atoms with E-state index in [0.717, 1.165) is 41.3 Å². The van der Waals surface area contributed by atoms with E-state index in [2.05, 4.69) is 21.2 Å². The first-order valence-electron chi connectivity index (χ1n) is 6.31. The second kappa shape index (κ2) is 5.85. The van der Waals surface area contributed by atoms with Crippen molar-refractivity contribution in [2.45, 2.75) is 44.8 Å². The number of carbonyl (C=O) groups excluding carboxylic acids is 1. The van der Waals surface area contributed by atoms with Crippen LogP contribution in [0.2, 0.25) is 0 Å². The molecule has 98 valence electrons. The van der Waals surface area contributed by atoms with Crippen LogP contribution in [0.1, 0.15) is 41.6 Å². The zero-order valence-corrected chi connectivity index (χ0v) is 12.0. The van der Waals surface area contributed by atoms with Crippen LogP contribution < -0.4 is 5.32 Å². The molecule has 0 unspecified atom stereocenters. The Morgan fingerprint density at radius 2 is 2.00 bits per heavy atom. The van der Waals surface area contributed by atoms with Crippen LogP contribution in [0, 0.1) is 6.92 Å². The molecular formula is C14H18BrNO2. The lowest BCUT2D eigenvalue weighted by Gasteiger charge is -2.26. The predicted octanol–water partition coefficient (Wildman–Crippen LogP) is 2.79. The third-order valence-electron chi connectivity index (χ3n) is 3.48. The molecule has 1 aromatic carbocycles. The molecule has 0 bridgehead atoms. The highest BCUT2D eigenvalue weighted by molar-refractivity contribution is 9.10. The molecule has 18 heavy (non-hydrogen) atoms. The van der Waals surface area contributed by atoms with Crippen molar-refractivity contribution in [2.75, 3.05) is 0 Å². The van der Waals surface area contributed by atoms with Crippen molar-refractivity contribution in [3.63, 3.8) is 0 Å². The van der Waals surface area contributed by atoms with Gasteiger partial charge in [0.25, 0.3) is 5.91 Å². The molecule has 1 saturated carbocycles. The molecule has 1 aromatic rings. The third kappa shape index (κ3) is 3.33. The van der Waals surface area contributed by atoms with Gasteiger partial charge in [0.2, 0.25) is 0 Å². The Labute approximate surface area is 116 Å². The summed E-state index contributed by atoms with van der Waals surface area (Å²) in [5.74, 6) is -0.0183. The van der Waals surface area contributed by atoms with Crippen LogP contribution in [0.15, 0.2) is 22.7 Å². The standard InChI is InChI=1S/C14H18BrNO2/c1-9-2-3-10(15)8-13(9)14(18)16-11-4-6-12(17)7-5-11/h2-3,8,11-12,17H,4-7H2,1H3,(H,16,18). The van der Waals surface area contributed by atoms with Gasteiger partial charge in [0.1, 0.15) is 0 Å². The summed E-state index contributed by atoms with van der Waals surface area (Å²) in [4.78, 5) is 12.2. The van der Waals surface area contributed by atoms with E-state index < -0.39 is 0 Å². The van der Waals surface area contributed by atoms with Crippen LogP contribution in [0.4, 0.5) is 0 Å². The quantitative estimate of drug-likeness (QED) is 0.882. The van der Waals surface area contributed by atoms with Crippen LogP contribution >= 0.6 is 15.9 Å². The van der Waals surface area contributed by atoms with E-state index in [1.807, 2.05) is 25.1 Å². The van der Waals surface area contributed by atoms with E-state index >= 15 is 0 Å². The second-order valence-electron chi connectivity index (χ2n) is 4.94. The van der Waals surface area contributed by atoms with Gasteiger partial charge < -0.3 is 10.4 Å². The number of hydrogen-bond donors (Lipinski definition) is 2. The van der Waals surface area contributed by atoms with Crippen molar-refractivity contribution in [3.8, 4) is 0 Å². The summed E-state index contributed by atoms with van der Waals surface area (Å²) in [5, 5.41) is 12.5. The minimum absolute atomic E-state index is 0.0183. The number of benzene rings is 1. The molecule has 1 aliphatic carbocycles. The molecule has 0 heterocycles. The zero-order chi connectivity index (χ0) is 13.1. The van der Waals surface area contributed by atoms with Crippen molar-refractivity contribution < 1.29 is 9.90 Å². The Balaban J connectivity index is 2.01. The van der Waals surface area contributed by atoms with Crippen LogP contribution in [-0.4, -0.2) is 23.2 Å². The number of rotatable bonds is 2. The molecule has 2 rings (SSSR count). The fourth-order valence-corrected chi connectivity index (χ4v) is 2.68. The Kier molecular flexibility index (Phi) is 4.40. The fourth-order valence-electron chi connectivity index (χ4n) is 2.32. The van der Waals surface area contributed by atoms with Crippen molar-refractivity contribution >= 4 is 21.8 Å². The summed E-state index contributed by atoms with van der Waals surface area (Å²) >= 11 is 3.38. The predicted molar refractivity (Wildman–Crippen MR) is 74.6 cm³/mol. The molecule has 0 aliphatic heterocycles. The molecule has 0 aromatic heterocycles. The largest absolute Gasteiger partial charge is 0.393 e. The summed E-state index contributed by atoms with van der Waals surface area (Å²) in [6.07, 6.45) is 3.09. The molecule has 0 saturated heterocycles. The lowest BCUT2D eigenvalue weighted by Crippen LogP contribution is -2.38. The molecule has 1 fully saturated rings. The van der Waals surface area contributed by atoms with Crippen molar-refractivity contribution in [2.24, 2.45) is 0 Å². The zero-order valence-electron chi connectivity index (χ0n) is 10.4. The molecule has 0 radical (unpaired) electrons. The van der Waals surface area contributed by atoms with E-state index in [1.165, 1.54) is 0 Å². The maximum Gasteiger partial charge on any atom is 0.251 e. The van der Waals surface area contributed by atoms with Crippen molar-refractivity contribution in [1.82, 2.24) is 5.32 Å². The SMILES string of the molecule is Cc1ccc(Br)cc1C(=O)NC1CCC(O)CC1. The fraction of sp³-hybridized carbons (Fsp3) is 0.500. The smallest absolute Gasteiger partial charge is 0.251 e. The van der Waals surface area contributed by atoms with E-state index in [0.29, 0.717) is 0 Å². The monoisotopic (exact) mass is 311 g/mol. The Bertz CT molecular complexity index is 439. The van der Waals surface area contributed by atoms with Crippen LogP contribution in [0.5, 0.6) is 0 Å². The molecule has 0 spiro atoms. The van der Waals surface area contributed by atoms with Crippen LogP contribution in [-0.2, 0) is 0 Å². The Hall–Kier alpha value is -0.870. The molecule has 1 aliphatic rings. The van der Waals surface area contributed by atoms with Gasteiger partial charge in [-0.3, -0.25) is 4.79 Å². The van der Waals surface area contributed by atoms with Crippen molar-refractivity contribution in [1.29, 1.82) is 0 Å². The molecule has 3 nitrogen and oxygen atoms in total. The van der Waals surface area contributed by atoms with Gasteiger partial charge >= 0.3 is 0 Å².